The van der Waals surface area contributed by atoms with Gasteiger partial charge in [0.25, 0.3) is 5.91 Å². The number of carbonyl (C=O) groups is 1. The molecule has 122 valence electrons. The van der Waals surface area contributed by atoms with E-state index in [1.54, 1.807) is 11.9 Å². The molecule has 1 aliphatic heterocycles. The van der Waals surface area contributed by atoms with E-state index in [9.17, 15) is 4.79 Å². The largest absolute Gasteiger partial charge is 0.369 e. The van der Waals surface area contributed by atoms with Crippen LogP contribution >= 0.6 is 11.6 Å². The van der Waals surface area contributed by atoms with Gasteiger partial charge in [-0.1, -0.05) is 29.8 Å². The van der Waals surface area contributed by atoms with Gasteiger partial charge in [-0.15, -0.1) is 5.10 Å². The molecule has 3 rings (SSSR count). The Labute approximate surface area is 140 Å². The molecule has 2 aromatic rings. The fraction of sp³-hybridized carbons (Fsp3) is 0.438. The van der Waals surface area contributed by atoms with Crippen molar-refractivity contribution in [3.8, 4) is 0 Å². The molecule has 1 saturated heterocycles. The molecule has 23 heavy (non-hydrogen) atoms. The zero-order valence-electron chi connectivity index (χ0n) is 13.4. The number of nitrogens with zero attached hydrogens (tertiary/aromatic N) is 4. The molecule has 7 heteroatoms. The van der Waals surface area contributed by atoms with Gasteiger partial charge in [0.05, 0.1) is 18.7 Å². The van der Waals surface area contributed by atoms with Gasteiger partial charge < -0.3 is 9.64 Å². The normalized spacial score (nSPS) is 20.5. The van der Waals surface area contributed by atoms with Crippen molar-refractivity contribution >= 4 is 17.5 Å². The maximum atomic E-state index is 12.8. The maximum Gasteiger partial charge on any atom is 0.294 e. The van der Waals surface area contributed by atoms with E-state index in [0.717, 1.165) is 5.56 Å². The van der Waals surface area contributed by atoms with Gasteiger partial charge in [0.2, 0.25) is 5.82 Å². The van der Waals surface area contributed by atoms with Gasteiger partial charge in [0.15, 0.2) is 0 Å². The molecular weight excluding hydrogens is 316 g/mol. The molecule has 2 heterocycles. The number of aryl methyl sites for hydroxylation is 1. The summed E-state index contributed by atoms with van der Waals surface area (Å²) in [5, 5.41) is 4.75. The molecule has 1 atom stereocenters. The van der Waals surface area contributed by atoms with Crippen molar-refractivity contribution in [1.29, 1.82) is 0 Å². The molecule has 0 saturated carbocycles. The number of hydrogen-bond donors (Lipinski definition) is 0. The van der Waals surface area contributed by atoms with Crippen LogP contribution in [0.4, 0.5) is 0 Å². The quantitative estimate of drug-likeness (QED) is 0.846. The van der Waals surface area contributed by atoms with Gasteiger partial charge in [-0.25, -0.2) is 4.98 Å². The van der Waals surface area contributed by atoms with Crippen LogP contribution in [-0.2, 0) is 11.8 Å². The zero-order chi connectivity index (χ0) is 16.6. The highest BCUT2D eigenvalue weighted by atomic mass is 35.5. The Balaban J connectivity index is 1.88. The number of morpholine rings is 1. The van der Waals surface area contributed by atoms with Crippen molar-refractivity contribution in [2.24, 2.45) is 7.05 Å². The van der Waals surface area contributed by atoms with E-state index in [4.69, 9.17) is 16.3 Å². The minimum absolute atomic E-state index is 0.195. The number of carbonyl (C=O) groups excluding carboxylic acids is 1. The zero-order valence-corrected chi connectivity index (χ0v) is 14.1. The van der Waals surface area contributed by atoms with Crippen molar-refractivity contribution in [3.63, 3.8) is 0 Å². The molecule has 0 bridgehead atoms. The first-order chi connectivity index (χ1) is 10.9. The average Bonchev–Trinajstić information content (AvgIpc) is 2.94. The van der Waals surface area contributed by atoms with Crippen molar-refractivity contribution in [3.05, 3.63) is 47.0 Å². The van der Waals surface area contributed by atoms with Crippen LogP contribution in [0.5, 0.6) is 0 Å². The number of hydrogen-bond acceptors (Lipinski definition) is 4. The fourth-order valence-electron chi connectivity index (χ4n) is 2.69. The monoisotopic (exact) mass is 334 g/mol. The summed E-state index contributed by atoms with van der Waals surface area (Å²) < 4.78 is 7.48. The Kier molecular flexibility index (Phi) is 4.12. The van der Waals surface area contributed by atoms with Gasteiger partial charge in [0, 0.05) is 17.6 Å². The number of benzene rings is 1. The summed E-state index contributed by atoms with van der Waals surface area (Å²) in [5.74, 6) is -0.00339. The van der Waals surface area contributed by atoms with Crippen molar-refractivity contribution < 1.29 is 9.53 Å². The summed E-state index contributed by atoms with van der Waals surface area (Å²) in [6, 6.07) is 7.54. The molecule has 0 aliphatic carbocycles. The minimum atomic E-state index is -0.436. The van der Waals surface area contributed by atoms with Crippen LogP contribution in [0.1, 0.15) is 36.1 Å². The van der Waals surface area contributed by atoms with Gasteiger partial charge in [-0.2, -0.15) is 0 Å². The lowest BCUT2D eigenvalue weighted by atomic mass is 9.98. The summed E-state index contributed by atoms with van der Waals surface area (Å²) in [6.45, 7) is 4.77. The third-order valence-electron chi connectivity index (χ3n) is 4.00. The van der Waals surface area contributed by atoms with Gasteiger partial charge in [0.1, 0.15) is 12.4 Å². The molecule has 1 aromatic carbocycles. The van der Waals surface area contributed by atoms with E-state index in [0.29, 0.717) is 18.2 Å². The van der Waals surface area contributed by atoms with E-state index in [-0.39, 0.29) is 17.8 Å². The third-order valence-corrected chi connectivity index (χ3v) is 4.35. The second-order valence-electron chi connectivity index (χ2n) is 6.29. The van der Waals surface area contributed by atoms with Crippen molar-refractivity contribution in [1.82, 2.24) is 19.7 Å². The fourth-order valence-corrected chi connectivity index (χ4v) is 2.95. The van der Waals surface area contributed by atoms with E-state index in [1.807, 2.05) is 38.1 Å². The molecular formula is C16H19ClN4O2. The second kappa shape index (κ2) is 5.94. The number of halogens is 1. The predicted molar refractivity (Wildman–Crippen MR) is 86.3 cm³/mol. The summed E-state index contributed by atoms with van der Waals surface area (Å²) >= 11 is 6.26. The average molecular weight is 335 g/mol. The standard InChI is InChI=1S/C16H19ClN4O2/c1-16(2)9-23-13(11-6-4-5-7-12(11)17)8-21(16)15(22)14-18-10-20(3)19-14/h4-7,10,13H,8-9H2,1-3H3. The highest BCUT2D eigenvalue weighted by molar-refractivity contribution is 6.31. The summed E-state index contributed by atoms with van der Waals surface area (Å²) in [6.07, 6.45) is 1.26. The lowest BCUT2D eigenvalue weighted by molar-refractivity contribution is -0.0849. The van der Waals surface area contributed by atoms with Crippen molar-refractivity contribution in [2.75, 3.05) is 13.2 Å². The molecule has 1 aromatic heterocycles. The van der Waals surface area contributed by atoms with Crippen LogP contribution in [-0.4, -0.2) is 44.3 Å². The molecule has 1 aliphatic rings. The summed E-state index contributed by atoms with van der Waals surface area (Å²) in [5.41, 5.74) is 0.449. The SMILES string of the molecule is Cn1cnc(C(=O)N2CC(c3ccccc3Cl)OCC2(C)C)n1. The highest BCUT2D eigenvalue weighted by Crippen LogP contribution is 2.34. The van der Waals surface area contributed by atoms with Crippen LogP contribution < -0.4 is 0 Å². The van der Waals surface area contributed by atoms with E-state index >= 15 is 0 Å². The van der Waals surface area contributed by atoms with Crippen molar-refractivity contribution in [2.45, 2.75) is 25.5 Å². The summed E-state index contributed by atoms with van der Waals surface area (Å²) in [7, 11) is 1.74. The van der Waals surface area contributed by atoms with Gasteiger partial charge >= 0.3 is 0 Å². The minimum Gasteiger partial charge on any atom is -0.369 e. The van der Waals surface area contributed by atoms with Crippen LogP contribution in [0.25, 0.3) is 0 Å². The Hall–Kier alpha value is -1.92. The molecule has 1 fully saturated rings. The Morgan fingerprint density at radius 2 is 2.13 bits per heavy atom. The molecule has 1 unspecified atom stereocenters. The van der Waals surface area contributed by atoms with Gasteiger partial charge in [-0.05, 0) is 19.9 Å². The Morgan fingerprint density at radius 1 is 1.39 bits per heavy atom. The Morgan fingerprint density at radius 3 is 2.78 bits per heavy atom. The van der Waals surface area contributed by atoms with Crippen LogP contribution in [0.15, 0.2) is 30.6 Å². The lowest BCUT2D eigenvalue weighted by Gasteiger charge is -2.45. The topological polar surface area (TPSA) is 60.2 Å². The van der Waals surface area contributed by atoms with Crippen LogP contribution in [0.2, 0.25) is 5.02 Å². The smallest absolute Gasteiger partial charge is 0.294 e. The first-order valence-electron chi connectivity index (χ1n) is 7.42. The summed E-state index contributed by atoms with van der Waals surface area (Å²) in [4.78, 5) is 18.6. The first-order valence-corrected chi connectivity index (χ1v) is 7.80. The number of rotatable bonds is 2. The molecule has 0 N–H and O–H groups in total. The number of aromatic nitrogens is 3. The third kappa shape index (κ3) is 3.09. The number of amides is 1. The van der Waals surface area contributed by atoms with E-state index in [1.165, 1.54) is 11.0 Å². The van der Waals surface area contributed by atoms with E-state index in [2.05, 4.69) is 10.1 Å². The molecule has 0 radical (unpaired) electrons. The first kappa shape index (κ1) is 16.0. The van der Waals surface area contributed by atoms with Crippen LogP contribution in [0, 0.1) is 0 Å². The van der Waals surface area contributed by atoms with E-state index < -0.39 is 5.54 Å². The molecule has 0 spiro atoms. The Bertz CT molecular complexity index is 728. The lowest BCUT2D eigenvalue weighted by Crippen LogP contribution is -2.56. The second-order valence-corrected chi connectivity index (χ2v) is 6.70. The molecule has 6 nitrogen and oxygen atoms in total. The molecule has 1 amide bonds. The maximum absolute atomic E-state index is 12.8. The predicted octanol–water partition coefficient (Wildman–Crippen LogP) is 2.46. The highest BCUT2D eigenvalue weighted by Gasteiger charge is 2.40. The number of ether oxygens (including phenoxy) is 1. The van der Waals surface area contributed by atoms with Crippen LogP contribution in [0.3, 0.4) is 0 Å². The van der Waals surface area contributed by atoms with Gasteiger partial charge in [-0.3, -0.25) is 9.48 Å².